The third-order valence-corrected chi connectivity index (χ3v) is 2.07. The standard InChI is InChI=1S/C8H11NO.C4H6O5/c1-6(9)7-2-4-8(10)5-3-7;5-2(4(8)9)1-3(6)7/h2-6,10H,9H2,1H3;2,5H,1H2,(H,6,7)(H,8,9)/t6-;2-/m10/s1. The van der Waals surface area contributed by atoms with Crippen molar-refractivity contribution in [2.24, 2.45) is 5.73 Å². The molecule has 1 rings (SSSR count). The minimum absolute atomic E-state index is 0.0422. The number of carboxylic acid groups (broad SMARTS) is 2. The van der Waals surface area contributed by atoms with E-state index in [0.29, 0.717) is 0 Å². The fourth-order valence-corrected chi connectivity index (χ4v) is 1.03. The summed E-state index contributed by atoms with van der Waals surface area (Å²) in [6, 6.07) is 6.96. The van der Waals surface area contributed by atoms with Gasteiger partial charge in [-0.2, -0.15) is 0 Å². The van der Waals surface area contributed by atoms with Gasteiger partial charge in [0.15, 0.2) is 6.10 Å². The van der Waals surface area contributed by atoms with Crippen LogP contribution in [0.5, 0.6) is 5.75 Å². The third kappa shape index (κ3) is 7.74. The van der Waals surface area contributed by atoms with Gasteiger partial charge in [-0.1, -0.05) is 12.1 Å². The highest BCUT2D eigenvalue weighted by molar-refractivity contribution is 5.79. The van der Waals surface area contributed by atoms with Gasteiger partial charge < -0.3 is 26.2 Å². The second-order valence-corrected chi connectivity index (χ2v) is 3.83. The number of hydrogen-bond acceptors (Lipinski definition) is 5. The zero-order valence-corrected chi connectivity index (χ0v) is 10.4. The number of aliphatic hydroxyl groups excluding tert-OH is 1. The van der Waals surface area contributed by atoms with Crippen molar-refractivity contribution in [1.29, 1.82) is 0 Å². The predicted molar refractivity (Wildman–Crippen MR) is 66.6 cm³/mol. The summed E-state index contributed by atoms with van der Waals surface area (Å²) in [4.78, 5) is 19.4. The first kappa shape index (κ1) is 16.9. The van der Waals surface area contributed by atoms with Crippen LogP contribution in [0.1, 0.15) is 24.9 Å². The molecule has 0 aliphatic carbocycles. The van der Waals surface area contributed by atoms with E-state index in [9.17, 15) is 9.59 Å². The van der Waals surface area contributed by atoms with Gasteiger partial charge in [-0.05, 0) is 24.6 Å². The smallest absolute Gasteiger partial charge is 0.333 e. The summed E-state index contributed by atoms with van der Waals surface area (Å²) in [5.41, 5.74) is 6.62. The average Bonchev–Trinajstić information content (AvgIpc) is 2.29. The number of carbonyl (C=O) groups is 2. The van der Waals surface area contributed by atoms with Crippen molar-refractivity contribution in [3.63, 3.8) is 0 Å². The minimum atomic E-state index is -1.79. The Balaban J connectivity index is 0.000000344. The SMILES string of the molecule is C[C@@H](N)c1ccc(O)cc1.O=C(O)C[C@H](O)C(=O)O. The normalized spacial score (nSPS) is 12.8. The van der Waals surface area contributed by atoms with Crippen LogP contribution in [0.3, 0.4) is 0 Å². The molecule has 7 nitrogen and oxygen atoms in total. The topological polar surface area (TPSA) is 141 Å². The van der Waals surface area contributed by atoms with Crippen molar-refractivity contribution < 1.29 is 30.0 Å². The van der Waals surface area contributed by atoms with Gasteiger partial charge in [0, 0.05) is 6.04 Å². The van der Waals surface area contributed by atoms with E-state index in [4.69, 9.17) is 26.2 Å². The Bertz CT molecular complexity index is 415. The molecule has 0 aliphatic rings. The highest BCUT2D eigenvalue weighted by Crippen LogP contribution is 2.13. The lowest BCUT2D eigenvalue weighted by atomic mass is 10.1. The van der Waals surface area contributed by atoms with E-state index in [1.165, 1.54) is 0 Å². The molecule has 0 saturated carbocycles. The number of carboxylic acids is 2. The molecule has 7 heteroatoms. The molecule has 6 N–H and O–H groups in total. The number of aliphatic carboxylic acids is 2. The van der Waals surface area contributed by atoms with Crippen molar-refractivity contribution in [2.45, 2.75) is 25.5 Å². The highest BCUT2D eigenvalue weighted by atomic mass is 16.4. The van der Waals surface area contributed by atoms with Gasteiger partial charge in [0.25, 0.3) is 0 Å². The Morgan fingerprint density at radius 3 is 1.95 bits per heavy atom. The summed E-state index contributed by atoms with van der Waals surface area (Å²) < 4.78 is 0. The quantitative estimate of drug-likeness (QED) is 0.531. The van der Waals surface area contributed by atoms with Crippen LogP contribution in [-0.2, 0) is 9.59 Å². The number of phenolic OH excluding ortho intramolecular Hbond substituents is 1. The number of nitrogens with two attached hydrogens (primary N) is 1. The van der Waals surface area contributed by atoms with Crippen LogP contribution in [0.2, 0.25) is 0 Å². The Morgan fingerprint density at radius 1 is 1.21 bits per heavy atom. The first-order valence-corrected chi connectivity index (χ1v) is 5.41. The molecule has 0 bridgehead atoms. The molecule has 2 atom stereocenters. The van der Waals surface area contributed by atoms with Gasteiger partial charge in [-0.25, -0.2) is 4.79 Å². The molecule has 0 fully saturated rings. The van der Waals surface area contributed by atoms with Gasteiger partial charge in [0.1, 0.15) is 5.75 Å². The molecule has 0 aromatic heterocycles. The van der Waals surface area contributed by atoms with Crippen LogP contribution < -0.4 is 5.73 Å². The first-order valence-electron chi connectivity index (χ1n) is 5.41. The van der Waals surface area contributed by atoms with Gasteiger partial charge >= 0.3 is 11.9 Å². The molecule has 0 spiro atoms. The van der Waals surface area contributed by atoms with Crippen LogP contribution in [0.4, 0.5) is 0 Å². The molecule has 0 saturated heterocycles. The first-order chi connectivity index (χ1) is 8.73. The second kappa shape index (κ2) is 8.06. The lowest BCUT2D eigenvalue weighted by Crippen LogP contribution is -2.22. The Labute approximate surface area is 109 Å². The fourth-order valence-electron chi connectivity index (χ4n) is 1.03. The lowest BCUT2D eigenvalue weighted by Gasteiger charge is -2.03. The maximum atomic E-state index is 9.72. The predicted octanol–water partition coefficient (Wildman–Crippen LogP) is 0.318. The molecule has 0 amide bonds. The molecular formula is C12H17NO6. The van der Waals surface area contributed by atoms with E-state index in [2.05, 4.69) is 0 Å². The number of aliphatic hydroxyl groups is 1. The molecule has 0 aliphatic heterocycles. The molecular weight excluding hydrogens is 254 g/mol. The summed E-state index contributed by atoms with van der Waals surface area (Å²) in [5, 5.41) is 33.0. The third-order valence-electron chi connectivity index (χ3n) is 2.07. The maximum absolute atomic E-state index is 9.72. The Hall–Kier alpha value is -2.12. The highest BCUT2D eigenvalue weighted by Gasteiger charge is 2.16. The maximum Gasteiger partial charge on any atom is 0.333 e. The number of rotatable bonds is 4. The lowest BCUT2D eigenvalue weighted by molar-refractivity contribution is -0.152. The molecule has 1 aromatic carbocycles. The van der Waals surface area contributed by atoms with E-state index < -0.39 is 24.5 Å². The van der Waals surface area contributed by atoms with Crippen LogP contribution >= 0.6 is 0 Å². The zero-order valence-electron chi connectivity index (χ0n) is 10.4. The summed E-state index contributed by atoms with van der Waals surface area (Å²) in [6.45, 7) is 1.91. The molecule has 0 heterocycles. The monoisotopic (exact) mass is 271 g/mol. The zero-order chi connectivity index (χ0) is 15.0. The van der Waals surface area contributed by atoms with Crippen molar-refractivity contribution in [3.8, 4) is 5.75 Å². The number of benzene rings is 1. The van der Waals surface area contributed by atoms with E-state index in [-0.39, 0.29) is 11.8 Å². The van der Waals surface area contributed by atoms with E-state index in [1.54, 1.807) is 12.1 Å². The van der Waals surface area contributed by atoms with Gasteiger partial charge in [-0.15, -0.1) is 0 Å². The van der Waals surface area contributed by atoms with E-state index >= 15 is 0 Å². The van der Waals surface area contributed by atoms with E-state index in [0.717, 1.165) is 5.56 Å². The molecule has 0 radical (unpaired) electrons. The number of phenols is 1. The van der Waals surface area contributed by atoms with Crippen LogP contribution in [0, 0.1) is 0 Å². The minimum Gasteiger partial charge on any atom is -0.508 e. The number of hydrogen-bond donors (Lipinski definition) is 5. The van der Waals surface area contributed by atoms with Crippen LogP contribution in [-0.4, -0.2) is 38.5 Å². The van der Waals surface area contributed by atoms with Crippen molar-refractivity contribution in [3.05, 3.63) is 29.8 Å². The van der Waals surface area contributed by atoms with Crippen molar-refractivity contribution >= 4 is 11.9 Å². The van der Waals surface area contributed by atoms with Crippen molar-refractivity contribution in [2.75, 3.05) is 0 Å². The van der Waals surface area contributed by atoms with Crippen LogP contribution in [0.25, 0.3) is 0 Å². The Kier molecular flexibility index (Phi) is 7.16. The van der Waals surface area contributed by atoms with Gasteiger partial charge in [0.05, 0.1) is 6.42 Å². The summed E-state index contributed by atoms with van der Waals surface area (Å²) in [6.07, 6.45) is -2.54. The fraction of sp³-hybridized carbons (Fsp3) is 0.333. The molecule has 1 aromatic rings. The summed E-state index contributed by atoms with van der Waals surface area (Å²) >= 11 is 0. The second-order valence-electron chi connectivity index (χ2n) is 3.83. The average molecular weight is 271 g/mol. The van der Waals surface area contributed by atoms with Gasteiger partial charge in [0.2, 0.25) is 0 Å². The van der Waals surface area contributed by atoms with E-state index in [1.807, 2.05) is 19.1 Å². The largest absolute Gasteiger partial charge is 0.508 e. The van der Waals surface area contributed by atoms with Crippen LogP contribution in [0.15, 0.2) is 24.3 Å². The summed E-state index contributed by atoms with van der Waals surface area (Å²) in [5.74, 6) is -2.56. The van der Waals surface area contributed by atoms with Crippen molar-refractivity contribution in [1.82, 2.24) is 0 Å². The summed E-state index contributed by atoms with van der Waals surface area (Å²) in [7, 11) is 0. The Morgan fingerprint density at radius 2 is 1.68 bits per heavy atom. The molecule has 0 unspecified atom stereocenters. The van der Waals surface area contributed by atoms with Gasteiger partial charge in [-0.3, -0.25) is 4.79 Å². The number of aromatic hydroxyl groups is 1. The molecule has 106 valence electrons. The molecule has 19 heavy (non-hydrogen) atoms.